The number of ketones is 2. The third kappa shape index (κ3) is 2.09. The molecule has 5 N–H and O–H groups in total. The van der Waals surface area contributed by atoms with Crippen LogP contribution in [0.25, 0.3) is 0 Å². The Morgan fingerprint density at radius 3 is 1.65 bits per heavy atom. The molecule has 0 heterocycles. The Balaban J connectivity index is 2.35. The van der Waals surface area contributed by atoms with Gasteiger partial charge in [-0.15, -0.1) is 0 Å². The van der Waals surface area contributed by atoms with Crippen LogP contribution in [-0.2, 0) is 0 Å². The molecular formula is C16H13NO6. The molecule has 1 unspecified atom stereocenters. The number of hydrogen-bond acceptors (Lipinski definition) is 7. The van der Waals surface area contributed by atoms with E-state index in [4.69, 9.17) is 0 Å². The van der Waals surface area contributed by atoms with E-state index in [1.807, 2.05) is 0 Å². The lowest BCUT2D eigenvalue weighted by molar-refractivity contribution is 0.0972. The predicted molar refractivity (Wildman–Crippen MR) is 80.0 cm³/mol. The van der Waals surface area contributed by atoms with Crippen molar-refractivity contribution in [3.05, 3.63) is 46.5 Å². The Bertz CT molecular complexity index is 856. The number of rotatable bonds is 2. The number of phenols is 3. The molecule has 0 amide bonds. The largest absolute Gasteiger partial charge is 0.507 e. The van der Waals surface area contributed by atoms with E-state index in [2.05, 4.69) is 5.32 Å². The van der Waals surface area contributed by atoms with Gasteiger partial charge >= 0.3 is 0 Å². The fraction of sp³-hybridized carbons (Fsp3) is 0.125. The number of aromatic hydroxyl groups is 3. The van der Waals surface area contributed by atoms with Crippen molar-refractivity contribution in [3.63, 3.8) is 0 Å². The molecular weight excluding hydrogens is 302 g/mol. The maximum absolute atomic E-state index is 12.7. The second-order valence-electron chi connectivity index (χ2n) is 5.21. The van der Waals surface area contributed by atoms with Crippen LogP contribution in [0.15, 0.2) is 24.3 Å². The number of phenolic OH excluding ortho intramolecular Hbond substituents is 3. The average Bonchev–Trinajstić information content (AvgIpc) is 2.48. The maximum Gasteiger partial charge on any atom is 0.202 e. The third-order valence-electron chi connectivity index (χ3n) is 3.62. The fourth-order valence-electron chi connectivity index (χ4n) is 2.69. The average molecular weight is 315 g/mol. The lowest BCUT2D eigenvalue weighted by Gasteiger charge is -2.23. The third-order valence-corrected chi connectivity index (χ3v) is 3.62. The summed E-state index contributed by atoms with van der Waals surface area (Å²) in [7, 11) is 0. The molecule has 0 saturated heterocycles. The first-order chi connectivity index (χ1) is 10.8. The van der Waals surface area contributed by atoms with E-state index < -0.39 is 35.0 Å². The number of aliphatic hydroxyl groups excluding tert-OH is 1. The van der Waals surface area contributed by atoms with Crippen molar-refractivity contribution in [1.29, 1.82) is 0 Å². The van der Waals surface area contributed by atoms with Gasteiger partial charge in [0.2, 0.25) is 11.6 Å². The number of carbonyl (C=O) groups is 2. The molecule has 1 aliphatic rings. The summed E-state index contributed by atoms with van der Waals surface area (Å²) >= 11 is 0. The van der Waals surface area contributed by atoms with Crippen LogP contribution >= 0.6 is 0 Å². The quantitative estimate of drug-likeness (QED) is 0.356. The van der Waals surface area contributed by atoms with Gasteiger partial charge in [0, 0.05) is 5.69 Å². The molecule has 0 radical (unpaired) electrons. The van der Waals surface area contributed by atoms with Crippen molar-refractivity contribution in [2.24, 2.45) is 0 Å². The highest BCUT2D eigenvalue weighted by Gasteiger charge is 2.38. The van der Waals surface area contributed by atoms with Gasteiger partial charge in [-0.05, 0) is 31.2 Å². The molecule has 1 atom stereocenters. The molecule has 2 aromatic rings. The van der Waals surface area contributed by atoms with Crippen LogP contribution in [0.1, 0.15) is 38.8 Å². The van der Waals surface area contributed by atoms with E-state index in [1.165, 1.54) is 19.1 Å². The summed E-state index contributed by atoms with van der Waals surface area (Å²) in [5.41, 5.74) is -0.994. The van der Waals surface area contributed by atoms with Gasteiger partial charge in [-0.2, -0.15) is 0 Å². The second kappa shape index (κ2) is 4.99. The summed E-state index contributed by atoms with van der Waals surface area (Å²) in [5, 5.41) is 41.8. The molecule has 0 bridgehead atoms. The van der Waals surface area contributed by atoms with E-state index in [0.717, 1.165) is 12.1 Å². The molecule has 1 aliphatic carbocycles. The minimum atomic E-state index is -1.01. The SMILES string of the molecule is CC(O)Nc1ccc(O)c2c1C(=O)c1c(O)ccc(O)c1C2=O. The molecule has 118 valence electrons. The van der Waals surface area contributed by atoms with Gasteiger partial charge in [0.25, 0.3) is 0 Å². The van der Waals surface area contributed by atoms with Gasteiger partial charge in [0.1, 0.15) is 23.5 Å². The number of aliphatic hydroxyl groups is 1. The van der Waals surface area contributed by atoms with Gasteiger partial charge in [-0.1, -0.05) is 0 Å². The van der Waals surface area contributed by atoms with Crippen LogP contribution in [0.5, 0.6) is 17.2 Å². The number of carbonyl (C=O) groups excluding carboxylic acids is 2. The Hall–Kier alpha value is -3.06. The smallest absolute Gasteiger partial charge is 0.202 e. The molecule has 3 rings (SSSR count). The van der Waals surface area contributed by atoms with Gasteiger partial charge < -0.3 is 25.7 Å². The highest BCUT2D eigenvalue weighted by atomic mass is 16.3. The minimum absolute atomic E-state index is 0.138. The first-order valence-corrected chi connectivity index (χ1v) is 6.77. The Kier molecular flexibility index (Phi) is 3.23. The number of fused-ring (bicyclic) bond motifs is 2. The first-order valence-electron chi connectivity index (χ1n) is 6.77. The van der Waals surface area contributed by atoms with Gasteiger partial charge in [-0.25, -0.2) is 0 Å². The molecule has 7 nitrogen and oxygen atoms in total. The van der Waals surface area contributed by atoms with Crippen LogP contribution in [0.2, 0.25) is 0 Å². The highest BCUT2D eigenvalue weighted by Crippen LogP contribution is 2.42. The predicted octanol–water partition coefficient (Wildman–Crippen LogP) is 1.33. The Labute approximate surface area is 130 Å². The molecule has 23 heavy (non-hydrogen) atoms. The fourth-order valence-corrected chi connectivity index (χ4v) is 2.69. The van der Waals surface area contributed by atoms with Crippen molar-refractivity contribution in [2.45, 2.75) is 13.2 Å². The van der Waals surface area contributed by atoms with Gasteiger partial charge in [-0.3, -0.25) is 9.59 Å². The van der Waals surface area contributed by atoms with E-state index in [9.17, 15) is 30.0 Å². The molecule has 0 fully saturated rings. The van der Waals surface area contributed by atoms with Crippen molar-refractivity contribution in [3.8, 4) is 17.2 Å². The summed E-state index contributed by atoms with van der Waals surface area (Å²) in [6, 6.07) is 4.75. The molecule has 2 aromatic carbocycles. The molecule has 7 heteroatoms. The Morgan fingerprint density at radius 1 is 0.783 bits per heavy atom. The number of hydrogen-bond donors (Lipinski definition) is 5. The lowest BCUT2D eigenvalue weighted by Crippen LogP contribution is -2.25. The van der Waals surface area contributed by atoms with Crippen LogP contribution in [0.4, 0.5) is 5.69 Å². The lowest BCUT2D eigenvalue weighted by atomic mass is 9.81. The van der Waals surface area contributed by atoms with Gasteiger partial charge in [0.15, 0.2) is 0 Å². The molecule has 0 aliphatic heterocycles. The number of benzene rings is 2. The van der Waals surface area contributed by atoms with Crippen LogP contribution in [-0.4, -0.2) is 38.2 Å². The monoisotopic (exact) mass is 315 g/mol. The second-order valence-corrected chi connectivity index (χ2v) is 5.21. The zero-order valence-electron chi connectivity index (χ0n) is 12.0. The van der Waals surface area contributed by atoms with E-state index in [-0.39, 0.29) is 27.9 Å². The van der Waals surface area contributed by atoms with Crippen molar-refractivity contribution < 1.29 is 30.0 Å². The van der Waals surface area contributed by atoms with Crippen molar-refractivity contribution in [1.82, 2.24) is 0 Å². The van der Waals surface area contributed by atoms with E-state index in [0.29, 0.717) is 0 Å². The summed E-state index contributed by atoms with van der Waals surface area (Å²) in [6.07, 6.45) is -1.01. The molecule has 0 saturated carbocycles. The zero-order valence-corrected chi connectivity index (χ0v) is 12.0. The normalized spacial score (nSPS) is 14.2. The molecule has 0 spiro atoms. The topological polar surface area (TPSA) is 127 Å². The van der Waals surface area contributed by atoms with Crippen LogP contribution in [0, 0.1) is 0 Å². The highest BCUT2D eigenvalue weighted by molar-refractivity contribution is 6.32. The molecule has 0 aromatic heterocycles. The number of anilines is 1. The first kappa shape index (κ1) is 14.9. The van der Waals surface area contributed by atoms with Crippen LogP contribution in [0.3, 0.4) is 0 Å². The van der Waals surface area contributed by atoms with Crippen LogP contribution < -0.4 is 5.32 Å². The van der Waals surface area contributed by atoms with Crippen molar-refractivity contribution >= 4 is 17.3 Å². The van der Waals surface area contributed by atoms with Gasteiger partial charge in [0.05, 0.1) is 22.3 Å². The Morgan fingerprint density at radius 2 is 1.17 bits per heavy atom. The minimum Gasteiger partial charge on any atom is -0.507 e. The summed E-state index contributed by atoms with van der Waals surface area (Å²) < 4.78 is 0. The number of nitrogens with one attached hydrogen (secondary N) is 1. The summed E-state index contributed by atoms with van der Waals surface area (Å²) in [4.78, 5) is 25.3. The summed E-state index contributed by atoms with van der Waals surface area (Å²) in [6.45, 7) is 1.42. The maximum atomic E-state index is 12.7. The van der Waals surface area contributed by atoms with E-state index in [1.54, 1.807) is 0 Å². The standard InChI is InChI=1S/C16H13NO6/c1-6(18)17-7-2-3-8(19)12-11(7)15(22)13-9(20)4-5-10(21)14(13)16(12)23/h2-6,17-21H,1H3. The van der Waals surface area contributed by atoms with Crippen molar-refractivity contribution in [2.75, 3.05) is 5.32 Å². The zero-order chi connectivity index (χ0) is 16.9. The van der Waals surface area contributed by atoms with E-state index >= 15 is 0 Å². The summed E-state index contributed by atoms with van der Waals surface area (Å²) in [5.74, 6) is -2.86.